The summed E-state index contributed by atoms with van der Waals surface area (Å²) in [5, 5.41) is 10.8. The van der Waals surface area contributed by atoms with E-state index in [2.05, 4.69) is 6.92 Å². The van der Waals surface area contributed by atoms with Gasteiger partial charge in [-0.1, -0.05) is 6.92 Å². The molecule has 9 nitrogen and oxygen atoms in total. The van der Waals surface area contributed by atoms with E-state index in [1.807, 2.05) is 0 Å². The van der Waals surface area contributed by atoms with E-state index in [1.165, 1.54) is 30.3 Å². The van der Waals surface area contributed by atoms with Crippen molar-refractivity contribution in [3.63, 3.8) is 0 Å². The third-order valence-corrected chi connectivity index (χ3v) is 7.45. The minimum absolute atomic E-state index is 0.0346. The quantitative estimate of drug-likeness (QED) is 0.432. The van der Waals surface area contributed by atoms with E-state index in [0.29, 0.717) is 25.4 Å². The third kappa shape index (κ3) is 5.14. The highest BCUT2D eigenvalue weighted by molar-refractivity contribution is 7.90. The Kier molecular flexibility index (Phi) is 6.24. The fourth-order valence-electron chi connectivity index (χ4n) is 3.83. The Morgan fingerprint density at radius 3 is 2.38 bits per heavy atom. The molecule has 182 valence electrons. The molecular weight excluding hydrogens is 465 g/mol. The number of amides is 1. The zero-order valence-electron chi connectivity index (χ0n) is 19.0. The smallest absolute Gasteiger partial charge is 0.272 e. The Morgan fingerprint density at radius 1 is 1.15 bits per heavy atom. The largest absolute Gasteiger partial charge is 0.492 e. The number of hydrogen-bond acceptors (Lipinski definition) is 7. The molecule has 11 heteroatoms. The monoisotopic (exact) mass is 491 g/mol. The number of halogens is 1. The topological polar surface area (TPSA) is 110 Å². The third-order valence-electron chi connectivity index (χ3n) is 6.34. The molecule has 1 saturated heterocycles. The van der Waals surface area contributed by atoms with Gasteiger partial charge in [0.1, 0.15) is 5.75 Å². The number of hydrogen-bond donors (Lipinski definition) is 0. The lowest BCUT2D eigenvalue weighted by Gasteiger charge is -2.36. The molecule has 2 aromatic carbocycles. The summed E-state index contributed by atoms with van der Waals surface area (Å²) in [4.78, 5) is 26.9. The number of nitro groups is 1. The van der Waals surface area contributed by atoms with Crippen molar-refractivity contribution in [2.75, 3.05) is 43.9 Å². The SMILES string of the molecule is CC1(COc2ccc(S(C)(=O)=O)cc2C(=O)N2CCN(c3ccc([N+](=O)[O-])cc3F)CC2)CC1. The molecule has 0 bridgehead atoms. The van der Waals surface area contributed by atoms with Crippen molar-refractivity contribution in [2.24, 2.45) is 5.41 Å². The van der Waals surface area contributed by atoms with E-state index in [4.69, 9.17) is 4.74 Å². The van der Waals surface area contributed by atoms with Gasteiger partial charge >= 0.3 is 0 Å². The molecule has 0 radical (unpaired) electrons. The van der Waals surface area contributed by atoms with E-state index in [-0.39, 0.29) is 46.2 Å². The highest BCUT2D eigenvalue weighted by Crippen LogP contribution is 2.45. The van der Waals surface area contributed by atoms with Crippen LogP contribution >= 0.6 is 0 Å². The Hall–Kier alpha value is -3.21. The van der Waals surface area contributed by atoms with Gasteiger partial charge in [0.2, 0.25) is 0 Å². The summed E-state index contributed by atoms with van der Waals surface area (Å²) >= 11 is 0. The van der Waals surface area contributed by atoms with Crippen molar-refractivity contribution in [1.29, 1.82) is 0 Å². The predicted octanol–water partition coefficient (Wildman–Crippen LogP) is 3.28. The summed E-state index contributed by atoms with van der Waals surface area (Å²) in [6.07, 6.45) is 3.16. The summed E-state index contributed by atoms with van der Waals surface area (Å²) in [7, 11) is -3.52. The standard InChI is InChI=1S/C23H26FN3O6S/c1-23(7-8-23)15-33-21-6-4-17(34(2,31)32)14-18(21)22(28)26-11-9-25(10-12-26)20-5-3-16(27(29)30)13-19(20)24/h3-6,13-14H,7-12,15H2,1-2H3. The number of ether oxygens (including phenoxy) is 1. The van der Waals surface area contributed by atoms with E-state index >= 15 is 0 Å². The lowest BCUT2D eigenvalue weighted by molar-refractivity contribution is -0.385. The Labute approximate surface area is 197 Å². The molecule has 1 heterocycles. The molecule has 0 spiro atoms. The maximum absolute atomic E-state index is 14.4. The van der Waals surface area contributed by atoms with Crippen LogP contribution in [0.15, 0.2) is 41.3 Å². The van der Waals surface area contributed by atoms with Gasteiger partial charge in [-0.25, -0.2) is 12.8 Å². The van der Waals surface area contributed by atoms with E-state index in [1.54, 1.807) is 9.80 Å². The second kappa shape index (κ2) is 8.86. The van der Waals surface area contributed by atoms with E-state index in [0.717, 1.165) is 25.2 Å². The molecule has 1 aliphatic carbocycles. The summed E-state index contributed by atoms with van der Waals surface area (Å²) in [6.45, 7) is 3.72. The van der Waals surface area contributed by atoms with Crippen LogP contribution in [0, 0.1) is 21.3 Å². The molecule has 2 fully saturated rings. The zero-order valence-corrected chi connectivity index (χ0v) is 19.8. The second-order valence-electron chi connectivity index (χ2n) is 9.20. The molecule has 1 saturated carbocycles. The number of nitro benzene ring substituents is 1. The second-order valence-corrected chi connectivity index (χ2v) is 11.2. The number of carbonyl (C=O) groups is 1. The molecule has 34 heavy (non-hydrogen) atoms. The minimum Gasteiger partial charge on any atom is -0.492 e. The number of rotatable bonds is 7. The fraction of sp³-hybridized carbons (Fsp3) is 0.435. The van der Waals surface area contributed by atoms with Crippen molar-refractivity contribution in [1.82, 2.24) is 4.90 Å². The molecule has 2 aromatic rings. The van der Waals surface area contributed by atoms with Gasteiger partial charge < -0.3 is 14.5 Å². The van der Waals surface area contributed by atoms with Gasteiger partial charge in [-0.2, -0.15) is 0 Å². The molecule has 1 aliphatic heterocycles. The lowest BCUT2D eigenvalue weighted by atomic mass is 10.1. The number of benzene rings is 2. The molecular formula is C23H26FN3O6S. The van der Waals surface area contributed by atoms with Gasteiger partial charge in [0.15, 0.2) is 15.7 Å². The van der Waals surface area contributed by atoms with Crippen molar-refractivity contribution in [3.8, 4) is 5.75 Å². The number of non-ortho nitro benzene ring substituents is 1. The van der Waals surface area contributed by atoms with Crippen LogP contribution in [-0.2, 0) is 9.84 Å². The van der Waals surface area contributed by atoms with Gasteiger partial charge in [0, 0.05) is 43.9 Å². The van der Waals surface area contributed by atoms with Crippen LogP contribution in [-0.4, -0.2) is 63.2 Å². The van der Waals surface area contributed by atoms with Gasteiger partial charge in [0.05, 0.1) is 33.7 Å². The van der Waals surface area contributed by atoms with E-state index in [9.17, 15) is 27.7 Å². The maximum atomic E-state index is 14.4. The molecule has 0 N–H and O–H groups in total. The molecule has 4 rings (SSSR count). The summed E-state index contributed by atoms with van der Waals surface area (Å²) in [5.74, 6) is -0.710. The maximum Gasteiger partial charge on any atom is 0.272 e. The van der Waals surface area contributed by atoms with Gasteiger partial charge in [-0.05, 0) is 37.1 Å². The normalized spacial score (nSPS) is 17.4. The molecule has 1 amide bonds. The van der Waals surface area contributed by atoms with Gasteiger partial charge in [-0.3, -0.25) is 14.9 Å². The Bertz CT molecular complexity index is 1240. The molecule has 2 aliphatic rings. The Morgan fingerprint density at radius 2 is 1.82 bits per heavy atom. The number of sulfone groups is 1. The number of anilines is 1. The fourth-order valence-corrected chi connectivity index (χ4v) is 4.48. The first-order valence-corrected chi connectivity index (χ1v) is 12.8. The molecule has 0 atom stereocenters. The highest BCUT2D eigenvalue weighted by atomic mass is 32.2. The summed E-state index contributed by atoms with van der Waals surface area (Å²) < 4.78 is 44.5. The molecule has 0 aromatic heterocycles. The van der Waals surface area contributed by atoms with Crippen LogP contribution in [0.4, 0.5) is 15.8 Å². The summed E-state index contributed by atoms with van der Waals surface area (Å²) in [6, 6.07) is 7.81. The zero-order chi connectivity index (χ0) is 24.7. The first kappa shape index (κ1) is 23.9. The van der Waals surface area contributed by atoms with Crippen LogP contribution in [0.2, 0.25) is 0 Å². The Balaban J connectivity index is 1.51. The van der Waals surface area contributed by atoms with Gasteiger partial charge in [-0.15, -0.1) is 0 Å². The van der Waals surface area contributed by atoms with Crippen molar-refractivity contribution >= 4 is 27.1 Å². The van der Waals surface area contributed by atoms with Crippen molar-refractivity contribution < 1.29 is 27.3 Å². The van der Waals surface area contributed by atoms with Crippen molar-refractivity contribution in [2.45, 2.75) is 24.7 Å². The highest BCUT2D eigenvalue weighted by Gasteiger charge is 2.38. The van der Waals surface area contributed by atoms with E-state index < -0.39 is 20.6 Å². The number of piperazine rings is 1. The first-order valence-electron chi connectivity index (χ1n) is 10.9. The number of nitrogens with zero attached hydrogens (tertiary/aromatic N) is 3. The average molecular weight is 492 g/mol. The van der Waals surface area contributed by atoms with Gasteiger partial charge in [0.25, 0.3) is 11.6 Å². The van der Waals surface area contributed by atoms with Crippen LogP contribution in [0.1, 0.15) is 30.1 Å². The summed E-state index contributed by atoms with van der Waals surface area (Å²) in [5.41, 5.74) is 0.171. The van der Waals surface area contributed by atoms with Crippen LogP contribution in [0.3, 0.4) is 0 Å². The van der Waals surface area contributed by atoms with Crippen LogP contribution in [0.5, 0.6) is 5.75 Å². The lowest BCUT2D eigenvalue weighted by Crippen LogP contribution is -2.49. The minimum atomic E-state index is -3.52. The van der Waals surface area contributed by atoms with Crippen LogP contribution < -0.4 is 9.64 Å². The van der Waals surface area contributed by atoms with Crippen molar-refractivity contribution in [3.05, 3.63) is 57.9 Å². The van der Waals surface area contributed by atoms with Crippen LogP contribution in [0.25, 0.3) is 0 Å². The number of carbonyl (C=O) groups excluding carboxylic acids is 1. The first-order chi connectivity index (χ1) is 16.0. The predicted molar refractivity (Wildman–Crippen MR) is 124 cm³/mol. The average Bonchev–Trinajstić information content (AvgIpc) is 3.54. The molecule has 0 unspecified atom stereocenters.